The van der Waals surface area contributed by atoms with Crippen molar-refractivity contribution in [3.8, 4) is 0 Å². The van der Waals surface area contributed by atoms with Crippen molar-refractivity contribution >= 4 is 5.97 Å². The molecule has 118 valence electrons. The minimum absolute atomic E-state index is 0.154. The Hall–Kier alpha value is -0.610. The van der Waals surface area contributed by atoms with Crippen molar-refractivity contribution in [1.82, 2.24) is 10.2 Å². The lowest BCUT2D eigenvalue weighted by Gasteiger charge is -2.31. The van der Waals surface area contributed by atoms with Gasteiger partial charge in [0.25, 0.3) is 0 Å². The lowest BCUT2D eigenvalue weighted by molar-refractivity contribution is -0.148. The summed E-state index contributed by atoms with van der Waals surface area (Å²) >= 11 is 0. The smallest absolute Gasteiger partial charge is 0.325 e. The molecule has 0 saturated heterocycles. The second-order valence-corrected chi connectivity index (χ2v) is 6.55. The van der Waals surface area contributed by atoms with Gasteiger partial charge >= 0.3 is 5.97 Å². The maximum absolute atomic E-state index is 12.0. The van der Waals surface area contributed by atoms with Crippen LogP contribution in [0.4, 0.5) is 0 Å². The number of hydrogen-bond acceptors (Lipinski definition) is 4. The Morgan fingerprint density at radius 1 is 1.40 bits per heavy atom. The summed E-state index contributed by atoms with van der Waals surface area (Å²) in [4.78, 5) is 14.5. The van der Waals surface area contributed by atoms with E-state index in [0.29, 0.717) is 0 Å². The molecule has 0 radical (unpaired) electrons. The second-order valence-electron chi connectivity index (χ2n) is 6.55. The molecule has 0 aromatic heterocycles. The van der Waals surface area contributed by atoms with Crippen molar-refractivity contribution in [3.05, 3.63) is 0 Å². The minimum Gasteiger partial charge on any atom is -0.468 e. The predicted octanol–water partition coefficient (Wildman–Crippen LogP) is 2.43. The summed E-state index contributed by atoms with van der Waals surface area (Å²) in [6.45, 7) is 11.4. The monoisotopic (exact) mass is 284 g/mol. The highest BCUT2D eigenvalue weighted by molar-refractivity contribution is 5.80. The number of rotatable bonds is 10. The maximum atomic E-state index is 12.0. The summed E-state index contributed by atoms with van der Waals surface area (Å²) < 4.78 is 4.95. The summed E-state index contributed by atoms with van der Waals surface area (Å²) in [5, 5.41) is 3.29. The summed E-state index contributed by atoms with van der Waals surface area (Å²) in [6.07, 6.45) is 4.66. The first-order chi connectivity index (χ1) is 9.42. The summed E-state index contributed by atoms with van der Waals surface area (Å²) in [5.41, 5.74) is -0.561. The van der Waals surface area contributed by atoms with Gasteiger partial charge in [0.2, 0.25) is 0 Å². The van der Waals surface area contributed by atoms with Crippen LogP contribution in [-0.2, 0) is 9.53 Å². The Morgan fingerprint density at radius 3 is 2.50 bits per heavy atom. The van der Waals surface area contributed by atoms with Gasteiger partial charge in [0.15, 0.2) is 0 Å². The van der Waals surface area contributed by atoms with E-state index in [9.17, 15) is 4.79 Å². The highest BCUT2D eigenvalue weighted by Crippen LogP contribution is 2.28. The van der Waals surface area contributed by atoms with E-state index in [-0.39, 0.29) is 5.97 Å². The SMILES string of the molecule is CCNC(C)(CCN(CCC(C)C)C1CC1)C(=O)OC. The van der Waals surface area contributed by atoms with E-state index in [2.05, 4.69) is 24.1 Å². The zero-order chi connectivity index (χ0) is 15.2. The molecule has 1 saturated carbocycles. The zero-order valence-electron chi connectivity index (χ0n) is 13.9. The molecule has 1 rings (SSSR count). The molecule has 4 nitrogen and oxygen atoms in total. The van der Waals surface area contributed by atoms with Crippen LogP contribution in [0.2, 0.25) is 0 Å². The molecule has 20 heavy (non-hydrogen) atoms. The molecule has 1 N–H and O–H groups in total. The molecule has 1 fully saturated rings. The summed E-state index contributed by atoms with van der Waals surface area (Å²) in [5.74, 6) is 0.580. The van der Waals surface area contributed by atoms with Crippen LogP contribution in [0.3, 0.4) is 0 Å². The van der Waals surface area contributed by atoms with Crippen molar-refractivity contribution in [2.75, 3.05) is 26.7 Å². The molecule has 0 amide bonds. The fourth-order valence-electron chi connectivity index (χ4n) is 2.59. The molecular weight excluding hydrogens is 252 g/mol. The van der Waals surface area contributed by atoms with E-state index in [0.717, 1.165) is 38.0 Å². The number of ether oxygens (including phenoxy) is 1. The van der Waals surface area contributed by atoms with E-state index in [1.54, 1.807) is 0 Å². The van der Waals surface area contributed by atoms with Gasteiger partial charge in [0.1, 0.15) is 5.54 Å². The molecule has 0 aliphatic heterocycles. The van der Waals surface area contributed by atoms with Gasteiger partial charge < -0.3 is 15.0 Å². The number of carbonyl (C=O) groups is 1. The molecule has 4 heteroatoms. The molecule has 1 atom stereocenters. The normalized spacial score (nSPS) is 18.4. The highest BCUT2D eigenvalue weighted by atomic mass is 16.5. The molecule has 0 aromatic carbocycles. The minimum atomic E-state index is -0.561. The predicted molar refractivity (Wildman–Crippen MR) is 82.8 cm³/mol. The summed E-state index contributed by atoms with van der Waals surface area (Å²) in [6, 6.07) is 0.747. The molecule has 0 aromatic rings. The van der Waals surface area contributed by atoms with E-state index in [1.807, 2.05) is 13.8 Å². The van der Waals surface area contributed by atoms with Crippen LogP contribution in [-0.4, -0.2) is 49.2 Å². The third-order valence-electron chi connectivity index (χ3n) is 4.16. The van der Waals surface area contributed by atoms with Gasteiger partial charge in [0.05, 0.1) is 7.11 Å². The quantitative estimate of drug-likeness (QED) is 0.626. The molecule has 1 unspecified atom stereocenters. The topological polar surface area (TPSA) is 41.6 Å². The van der Waals surface area contributed by atoms with Crippen LogP contribution >= 0.6 is 0 Å². The second kappa shape index (κ2) is 7.99. The lowest BCUT2D eigenvalue weighted by atomic mass is 9.97. The van der Waals surface area contributed by atoms with E-state index >= 15 is 0 Å². The third kappa shape index (κ3) is 5.41. The van der Waals surface area contributed by atoms with Crippen LogP contribution < -0.4 is 5.32 Å². The van der Waals surface area contributed by atoms with Gasteiger partial charge in [-0.15, -0.1) is 0 Å². The third-order valence-corrected chi connectivity index (χ3v) is 4.16. The Balaban J connectivity index is 2.52. The Labute approximate surface area is 124 Å². The van der Waals surface area contributed by atoms with Crippen molar-refractivity contribution < 1.29 is 9.53 Å². The van der Waals surface area contributed by atoms with Crippen molar-refractivity contribution in [1.29, 1.82) is 0 Å². The van der Waals surface area contributed by atoms with Crippen LogP contribution in [0.25, 0.3) is 0 Å². The first-order valence-corrected chi connectivity index (χ1v) is 8.00. The molecule has 1 aliphatic carbocycles. The van der Waals surface area contributed by atoms with Gasteiger partial charge in [0, 0.05) is 12.6 Å². The van der Waals surface area contributed by atoms with Crippen molar-refractivity contribution in [2.45, 2.75) is 65.0 Å². The number of methoxy groups -OCH3 is 1. The summed E-state index contributed by atoms with van der Waals surface area (Å²) in [7, 11) is 1.47. The number of hydrogen-bond donors (Lipinski definition) is 1. The lowest BCUT2D eigenvalue weighted by Crippen LogP contribution is -2.52. The fourth-order valence-corrected chi connectivity index (χ4v) is 2.59. The van der Waals surface area contributed by atoms with Gasteiger partial charge in [-0.05, 0) is 51.6 Å². The Morgan fingerprint density at radius 2 is 2.05 bits per heavy atom. The van der Waals surface area contributed by atoms with Gasteiger partial charge in [-0.2, -0.15) is 0 Å². The maximum Gasteiger partial charge on any atom is 0.325 e. The average Bonchev–Trinajstić information content (AvgIpc) is 3.22. The molecule has 0 spiro atoms. The van der Waals surface area contributed by atoms with Gasteiger partial charge in [-0.25, -0.2) is 0 Å². The first kappa shape index (κ1) is 17.4. The van der Waals surface area contributed by atoms with E-state index in [4.69, 9.17) is 4.74 Å². The standard InChI is InChI=1S/C16H32N2O2/c1-6-17-16(4,15(19)20-5)10-12-18(14-7-8-14)11-9-13(2)3/h13-14,17H,6-12H2,1-5H3. The van der Waals surface area contributed by atoms with Crippen LogP contribution in [0.1, 0.15) is 53.4 Å². The number of nitrogens with one attached hydrogen (secondary N) is 1. The van der Waals surface area contributed by atoms with Gasteiger partial charge in [-0.1, -0.05) is 20.8 Å². The molecular formula is C16H32N2O2. The van der Waals surface area contributed by atoms with Gasteiger partial charge in [-0.3, -0.25) is 4.79 Å². The van der Waals surface area contributed by atoms with E-state index < -0.39 is 5.54 Å². The zero-order valence-corrected chi connectivity index (χ0v) is 13.9. The average molecular weight is 284 g/mol. The van der Waals surface area contributed by atoms with Crippen LogP contribution in [0.5, 0.6) is 0 Å². The van der Waals surface area contributed by atoms with E-state index in [1.165, 1.54) is 26.4 Å². The number of nitrogens with zero attached hydrogens (tertiary/aromatic N) is 1. The van der Waals surface area contributed by atoms with Crippen molar-refractivity contribution in [2.24, 2.45) is 5.92 Å². The van der Waals surface area contributed by atoms with Crippen LogP contribution in [0, 0.1) is 5.92 Å². The Kier molecular flexibility index (Phi) is 6.96. The highest BCUT2D eigenvalue weighted by Gasteiger charge is 2.36. The molecule has 0 bridgehead atoms. The Bertz CT molecular complexity index is 303. The molecule has 0 heterocycles. The number of esters is 1. The molecule has 1 aliphatic rings. The number of likely N-dealkylation sites (N-methyl/N-ethyl adjacent to an activating group) is 1. The van der Waals surface area contributed by atoms with Crippen molar-refractivity contribution in [3.63, 3.8) is 0 Å². The fraction of sp³-hybridized carbons (Fsp3) is 0.938. The largest absolute Gasteiger partial charge is 0.468 e. The number of carbonyl (C=O) groups excluding carboxylic acids is 1. The first-order valence-electron chi connectivity index (χ1n) is 8.00. The van der Waals surface area contributed by atoms with Crippen LogP contribution in [0.15, 0.2) is 0 Å².